The first kappa shape index (κ1) is 16.8. The SMILES string of the molecule is [2H]C([2H])([2H])C([2H])([2H])c1nc2ccccc2n1-c1c2ccccc2c(-c2ccccc2-c2cccnc2)c2ccccc12. The van der Waals surface area contributed by atoms with Crippen LogP contribution in [0.2, 0.25) is 0 Å². The lowest BCUT2D eigenvalue weighted by Gasteiger charge is -2.21. The Hall–Kier alpha value is -4.76. The van der Waals surface area contributed by atoms with E-state index in [2.05, 4.69) is 34.2 Å². The second-order valence-corrected chi connectivity index (χ2v) is 8.99. The lowest BCUT2D eigenvalue weighted by Crippen LogP contribution is -2.03. The number of nitrogens with zero attached hydrogens (tertiary/aromatic N) is 3. The van der Waals surface area contributed by atoms with Crippen LogP contribution in [0.15, 0.2) is 122 Å². The van der Waals surface area contributed by atoms with E-state index in [9.17, 15) is 0 Å². The van der Waals surface area contributed by atoms with Crippen LogP contribution in [-0.2, 0) is 6.37 Å². The summed E-state index contributed by atoms with van der Waals surface area (Å²) in [5.41, 5.74) is 5.98. The van der Waals surface area contributed by atoms with Gasteiger partial charge in [0.2, 0.25) is 0 Å². The highest BCUT2D eigenvalue weighted by molar-refractivity contribution is 6.19. The van der Waals surface area contributed by atoms with Gasteiger partial charge in [-0.2, -0.15) is 0 Å². The van der Waals surface area contributed by atoms with Crippen molar-refractivity contribution in [2.24, 2.45) is 0 Å². The highest BCUT2D eigenvalue weighted by Crippen LogP contribution is 2.44. The maximum Gasteiger partial charge on any atom is 0.114 e. The summed E-state index contributed by atoms with van der Waals surface area (Å²) in [6.07, 6.45) is 0.912. The predicted molar refractivity (Wildman–Crippen MR) is 154 cm³/mol. The maximum absolute atomic E-state index is 8.77. The van der Waals surface area contributed by atoms with Crippen molar-refractivity contribution in [2.45, 2.75) is 13.2 Å². The van der Waals surface area contributed by atoms with Gasteiger partial charge in [0.15, 0.2) is 0 Å². The second kappa shape index (κ2) is 8.72. The molecule has 2 heterocycles. The van der Waals surface area contributed by atoms with Crippen LogP contribution < -0.4 is 0 Å². The number of aryl methyl sites for hydroxylation is 1. The third-order valence-corrected chi connectivity index (χ3v) is 6.97. The van der Waals surface area contributed by atoms with E-state index in [1.165, 1.54) is 0 Å². The molecule has 0 aliphatic carbocycles. The number of fused-ring (bicyclic) bond motifs is 3. The molecule has 0 N–H and O–H groups in total. The van der Waals surface area contributed by atoms with Crippen molar-refractivity contribution >= 4 is 32.6 Å². The minimum atomic E-state index is -2.93. The van der Waals surface area contributed by atoms with Crippen LogP contribution in [-0.4, -0.2) is 14.5 Å². The largest absolute Gasteiger partial charge is 0.295 e. The fourth-order valence-corrected chi connectivity index (χ4v) is 5.45. The van der Waals surface area contributed by atoms with Gasteiger partial charge in [-0.3, -0.25) is 9.55 Å². The third kappa shape index (κ3) is 3.35. The number of aromatic nitrogens is 3. The van der Waals surface area contributed by atoms with Gasteiger partial charge < -0.3 is 0 Å². The van der Waals surface area contributed by atoms with Crippen LogP contribution in [0.1, 0.15) is 19.5 Å². The first-order chi connectivity index (χ1) is 20.3. The van der Waals surface area contributed by atoms with E-state index in [1.54, 1.807) is 16.8 Å². The highest BCUT2D eigenvalue weighted by Gasteiger charge is 2.21. The van der Waals surface area contributed by atoms with Gasteiger partial charge in [-0.05, 0) is 45.7 Å². The summed E-state index contributed by atoms with van der Waals surface area (Å²) in [5, 5.41) is 3.64. The number of benzene rings is 5. The zero-order valence-electron chi connectivity index (χ0n) is 24.9. The molecule has 37 heavy (non-hydrogen) atoms. The summed E-state index contributed by atoms with van der Waals surface area (Å²) in [5.74, 6) is -0.150. The van der Waals surface area contributed by atoms with Crippen LogP contribution in [0.4, 0.5) is 0 Å². The Kier molecular flexibility index (Phi) is 3.97. The van der Waals surface area contributed by atoms with E-state index >= 15 is 0 Å². The van der Waals surface area contributed by atoms with E-state index in [1.807, 2.05) is 85.1 Å². The Morgan fingerprint density at radius 1 is 0.703 bits per heavy atom. The zero-order chi connectivity index (χ0) is 29.1. The van der Waals surface area contributed by atoms with Gasteiger partial charge in [0.25, 0.3) is 0 Å². The van der Waals surface area contributed by atoms with E-state index in [4.69, 9.17) is 6.85 Å². The molecule has 0 fully saturated rings. The van der Waals surface area contributed by atoms with Crippen molar-refractivity contribution in [1.29, 1.82) is 0 Å². The molecule has 7 rings (SSSR count). The lowest BCUT2D eigenvalue weighted by molar-refractivity contribution is 0.917. The Morgan fingerprint density at radius 3 is 2.05 bits per heavy atom. The Morgan fingerprint density at radius 2 is 1.35 bits per heavy atom. The van der Waals surface area contributed by atoms with Crippen LogP contribution >= 0.6 is 0 Å². The molecule has 176 valence electrons. The van der Waals surface area contributed by atoms with Gasteiger partial charge in [-0.25, -0.2) is 4.98 Å². The van der Waals surface area contributed by atoms with Crippen molar-refractivity contribution in [3.05, 3.63) is 127 Å². The van der Waals surface area contributed by atoms with E-state index in [-0.39, 0.29) is 5.82 Å². The van der Waals surface area contributed by atoms with E-state index in [0.717, 1.165) is 43.8 Å². The summed E-state index contributed by atoms with van der Waals surface area (Å²) in [6, 6.07) is 35.6. The van der Waals surface area contributed by atoms with E-state index < -0.39 is 13.2 Å². The fraction of sp³-hybridized carbons (Fsp3) is 0.0588. The Bertz CT molecular complexity index is 2060. The van der Waals surface area contributed by atoms with Gasteiger partial charge in [0, 0.05) is 42.0 Å². The average molecular weight is 481 g/mol. The molecule has 0 unspecified atom stereocenters. The van der Waals surface area contributed by atoms with Crippen molar-refractivity contribution in [2.75, 3.05) is 0 Å². The summed E-state index contributed by atoms with van der Waals surface area (Å²) in [4.78, 5) is 8.95. The molecule has 0 radical (unpaired) electrons. The zero-order valence-corrected chi connectivity index (χ0v) is 19.9. The molecule has 5 aromatic carbocycles. The summed E-state index contributed by atoms with van der Waals surface area (Å²) in [6.45, 7) is -2.93. The Labute approximate surface area is 222 Å². The van der Waals surface area contributed by atoms with Gasteiger partial charge in [0.05, 0.1) is 16.7 Å². The van der Waals surface area contributed by atoms with Crippen LogP contribution in [0.3, 0.4) is 0 Å². The molecule has 0 atom stereocenters. The Balaban J connectivity index is 1.66. The number of para-hydroxylation sites is 2. The topological polar surface area (TPSA) is 30.7 Å². The monoisotopic (exact) mass is 480 g/mol. The number of hydrogen-bond donors (Lipinski definition) is 0. The molecule has 0 bridgehead atoms. The highest BCUT2D eigenvalue weighted by atomic mass is 15.1. The standard InChI is InChI=1S/C34H25N3/c1-2-32-36-30-19-9-10-20-31(30)37(32)34-28-17-7-5-15-26(28)33(27-16-6-8-18-29(27)34)25-14-4-3-13-24(25)23-12-11-21-35-22-23/h3-22H,2H2,1H3/i1D3,2D2. The molecule has 0 aliphatic heterocycles. The van der Waals surface area contributed by atoms with E-state index in [0.29, 0.717) is 16.7 Å². The fourth-order valence-electron chi connectivity index (χ4n) is 5.45. The van der Waals surface area contributed by atoms with Gasteiger partial charge in [0.1, 0.15) is 5.82 Å². The first-order valence-electron chi connectivity index (χ1n) is 14.7. The molecule has 0 spiro atoms. The summed E-state index contributed by atoms with van der Waals surface area (Å²) >= 11 is 0. The van der Waals surface area contributed by atoms with Gasteiger partial charge in [-0.1, -0.05) is 97.8 Å². The smallest absolute Gasteiger partial charge is 0.114 e. The number of pyridine rings is 1. The molecule has 0 aliphatic rings. The quantitative estimate of drug-likeness (QED) is 0.236. The van der Waals surface area contributed by atoms with Crippen molar-refractivity contribution < 1.29 is 6.85 Å². The normalized spacial score (nSPS) is 14.2. The minimum Gasteiger partial charge on any atom is -0.295 e. The lowest BCUT2D eigenvalue weighted by atomic mass is 9.87. The average Bonchev–Trinajstić information content (AvgIpc) is 3.40. The third-order valence-electron chi connectivity index (χ3n) is 6.97. The molecule has 0 saturated heterocycles. The molecule has 0 saturated carbocycles. The van der Waals surface area contributed by atoms with Gasteiger partial charge >= 0.3 is 0 Å². The summed E-state index contributed by atoms with van der Waals surface area (Å²) in [7, 11) is 0. The first-order valence-corrected chi connectivity index (χ1v) is 12.2. The predicted octanol–water partition coefficient (Wildman–Crippen LogP) is 8.62. The molecule has 2 aromatic heterocycles. The number of imidazole rings is 1. The molecule has 3 nitrogen and oxygen atoms in total. The number of hydrogen-bond acceptors (Lipinski definition) is 2. The number of rotatable bonds is 4. The maximum atomic E-state index is 8.77. The van der Waals surface area contributed by atoms with Gasteiger partial charge in [-0.15, -0.1) is 0 Å². The molecule has 0 amide bonds. The van der Waals surface area contributed by atoms with Crippen LogP contribution in [0.5, 0.6) is 0 Å². The minimum absolute atomic E-state index is 0.150. The van der Waals surface area contributed by atoms with Crippen molar-refractivity contribution in [1.82, 2.24) is 14.5 Å². The molecule has 7 aromatic rings. The molecular formula is C34H25N3. The van der Waals surface area contributed by atoms with Crippen LogP contribution in [0, 0.1) is 0 Å². The molecular weight excluding hydrogens is 450 g/mol. The molecule has 3 heteroatoms. The van der Waals surface area contributed by atoms with Crippen LogP contribution in [0.25, 0.3) is 60.5 Å². The van der Waals surface area contributed by atoms with Crippen molar-refractivity contribution in [3.8, 4) is 27.9 Å². The van der Waals surface area contributed by atoms with Crippen molar-refractivity contribution in [3.63, 3.8) is 0 Å². The second-order valence-electron chi connectivity index (χ2n) is 8.99. The summed E-state index contributed by atoms with van der Waals surface area (Å²) < 4.78 is 43.5.